The first kappa shape index (κ1) is 11.1. The maximum absolute atomic E-state index is 13.4. The van der Waals surface area contributed by atoms with E-state index in [0.29, 0.717) is 11.1 Å². The molecule has 0 saturated carbocycles. The molecule has 78 valence electrons. The van der Waals surface area contributed by atoms with Crippen LogP contribution >= 0.6 is 0 Å². The van der Waals surface area contributed by atoms with E-state index in [0.717, 1.165) is 0 Å². The van der Waals surface area contributed by atoms with Crippen molar-refractivity contribution in [1.29, 1.82) is 0 Å². The molecule has 0 aliphatic rings. The van der Waals surface area contributed by atoms with Gasteiger partial charge in [-0.1, -0.05) is 12.1 Å². The second-order valence-corrected chi connectivity index (χ2v) is 4.08. The molecule has 0 fully saturated rings. The van der Waals surface area contributed by atoms with Gasteiger partial charge in [-0.25, -0.2) is 4.39 Å². The molecule has 0 aliphatic heterocycles. The van der Waals surface area contributed by atoms with Crippen LogP contribution in [0.15, 0.2) is 18.2 Å². The summed E-state index contributed by atoms with van der Waals surface area (Å²) >= 11 is 0. The van der Waals surface area contributed by atoms with Crippen molar-refractivity contribution < 1.29 is 9.50 Å². The highest BCUT2D eigenvalue weighted by atomic mass is 19.1. The highest BCUT2D eigenvalue weighted by Crippen LogP contribution is 2.23. The van der Waals surface area contributed by atoms with Crippen LogP contribution in [0.2, 0.25) is 0 Å². The van der Waals surface area contributed by atoms with Crippen LogP contribution in [0.3, 0.4) is 0 Å². The molecule has 3 heteroatoms. The van der Waals surface area contributed by atoms with E-state index >= 15 is 0 Å². The van der Waals surface area contributed by atoms with Crippen LogP contribution in [-0.4, -0.2) is 5.11 Å². The van der Waals surface area contributed by atoms with E-state index in [4.69, 9.17) is 5.73 Å². The Morgan fingerprint density at radius 1 is 1.43 bits per heavy atom. The van der Waals surface area contributed by atoms with Crippen molar-refractivity contribution in [3.63, 3.8) is 0 Å². The fourth-order valence-electron chi connectivity index (χ4n) is 1.28. The Balaban J connectivity index is 3.13. The van der Waals surface area contributed by atoms with E-state index in [1.54, 1.807) is 32.9 Å². The smallest absolute Gasteiger partial charge is 0.128 e. The molecule has 0 amide bonds. The van der Waals surface area contributed by atoms with Crippen LogP contribution in [0.25, 0.3) is 0 Å². The molecule has 2 nitrogen and oxygen atoms in total. The quantitative estimate of drug-likeness (QED) is 0.762. The summed E-state index contributed by atoms with van der Waals surface area (Å²) in [6, 6.07) is 4.32. The molecule has 0 spiro atoms. The number of rotatable bonds is 2. The van der Waals surface area contributed by atoms with Gasteiger partial charge in [-0.3, -0.25) is 0 Å². The first-order chi connectivity index (χ1) is 6.32. The molecule has 1 aromatic rings. The van der Waals surface area contributed by atoms with E-state index in [-0.39, 0.29) is 11.9 Å². The maximum Gasteiger partial charge on any atom is 0.128 e. The van der Waals surface area contributed by atoms with Gasteiger partial charge < -0.3 is 10.8 Å². The average molecular weight is 197 g/mol. The number of nitrogens with two attached hydrogens (primary N) is 1. The van der Waals surface area contributed by atoms with Gasteiger partial charge in [0.1, 0.15) is 5.82 Å². The first-order valence-corrected chi connectivity index (χ1v) is 4.60. The summed E-state index contributed by atoms with van der Waals surface area (Å²) in [4.78, 5) is 0. The molecule has 3 N–H and O–H groups in total. The lowest BCUT2D eigenvalue weighted by atomic mass is 9.96. The molecule has 0 radical (unpaired) electrons. The third-order valence-corrected chi connectivity index (χ3v) is 2.20. The molecule has 1 unspecified atom stereocenters. The molecule has 1 aromatic carbocycles. The predicted octanol–water partition coefficient (Wildman–Crippen LogP) is 2.07. The SMILES string of the molecule is CC(N)c1ccc(C(C)(C)O)cc1F. The monoisotopic (exact) mass is 197 g/mol. The Bertz CT molecular complexity index is 329. The largest absolute Gasteiger partial charge is 0.386 e. The molecule has 0 aromatic heterocycles. The summed E-state index contributed by atoms with van der Waals surface area (Å²) in [5, 5.41) is 9.65. The summed E-state index contributed by atoms with van der Waals surface area (Å²) in [6.45, 7) is 4.96. The van der Waals surface area contributed by atoms with Gasteiger partial charge in [0.2, 0.25) is 0 Å². The van der Waals surface area contributed by atoms with Crippen molar-refractivity contribution in [2.75, 3.05) is 0 Å². The van der Waals surface area contributed by atoms with E-state index < -0.39 is 5.60 Å². The van der Waals surface area contributed by atoms with Crippen LogP contribution < -0.4 is 5.73 Å². The normalized spacial score (nSPS) is 14.1. The number of aliphatic hydroxyl groups is 1. The molecule has 0 heterocycles. The van der Waals surface area contributed by atoms with Crippen molar-refractivity contribution in [2.45, 2.75) is 32.4 Å². The third-order valence-electron chi connectivity index (χ3n) is 2.20. The minimum atomic E-state index is -1.02. The van der Waals surface area contributed by atoms with Gasteiger partial charge in [0.25, 0.3) is 0 Å². The molecule has 0 bridgehead atoms. The van der Waals surface area contributed by atoms with Crippen molar-refractivity contribution in [3.8, 4) is 0 Å². The zero-order valence-corrected chi connectivity index (χ0v) is 8.71. The Labute approximate surface area is 83.6 Å². The van der Waals surface area contributed by atoms with Gasteiger partial charge in [0, 0.05) is 11.6 Å². The van der Waals surface area contributed by atoms with Crippen LogP contribution in [0.5, 0.6) is 0 Å². The fourth-order valence-corrected chi connectivity index (χ4v) is 1.28. The molecule has 1 atom stereocenters. The van der Waals surface area contributed by atoms with Gasteiger partial charge in [-0.15, -0.1) is 0 Å². The number of hydrogen-bond acceptors (Lipinski definition) is 2. The van der Waals surface area contributed by atoms with Crippen LogP contribution in [0.1, 0.15) is 37.9 Å². The summed E-state index contributed by atoms with van der Waals surface area (Å²) < 4.78 is 13.4. The van der Waals surface area contributed by atoms with Gasteiger partial charge in [0.05, 0.1) is 5.60 Å². The van der Waals surface area contributed by atoms with Crippen LogP contribution in [-0.2, 0) is 5.60 Å². The summed E-state index contributed by atoms with van der Waals surface area (Å²) in [6.07, 6.45) is 0. The highest BCUT2D eigenvalue weighted by Gasteiger charge is 2.18. The average Bonchev–Trinajstić information content (AvgIpc) is 2.01. The second kappa shape index (κ2) is 3.67. The summed E-state index contributed by atoms with van der Waals surface area (Å²) in [5.41, 5.74) is 5.58. The maximum atomic E-state index is 13.4. The molecule has 0 aliphatic carbocycles. The summed E-state index contributed by atoms with van der Waals surface area (Å²) in [5.74, 6) is -0.361. The van der Waals surface area contributed by atoms with Gasteiger partial charge >= 0.3 is 0 Å². The molecule has 0 saturated heterocycles. The van der Waals surface area contributed by atoms with Crippen LogP contribution in [0, 0.1) is 5.82 Å². The molecular weight excluding hydrogens is 181 g/mol. The number of halogens is 1. The lowest BCUT2D eigenvalue weighted by Gasteiger charge is -2.19. The van der Waals surface area contributed by atoms with Gasteiger partial charge in [0.15, 0.2) is 0 Å². The van der Waals surface area contributed by atoms with Crippen molar-refractivity contribution >= 4 is 0 Å². The fraction of sp³-hybridized carbons (Fsp3) is 0.455. The zero-order chi connectivity index (χ0) is 10.9. The Hall–Kier alpha value is -0.930. The highest BCUT2D eigenvalue weighted by molar-refractivity contribution is 5.29. The number of hydrogen-bond donors (Lipinski definition) is 2. The van der Waals surface area contributed by atoms with Crippen molar-refractivity contribution in [3.05, 3.63) is 35.1 Å². The third kappa shape index (κ3) is 2.30. The van der Waals surface area contributed by atoms with E-state index in [9.17, 15) is 9.50 Å². The standard InChI is InChI=1S/C11H16FNO/c1-7(13)9-5-4-8(6-10(9)12)11(2,3)14/h4-7,14H,13H2,1-3H3. The molecule has 14 heavy (non-hydrogen) atoms. The number of benzene rings is 1. The minimum absolute atomic E-state index is 0.328. The van der Waals surface area contributed by atoms with Gasteiger partial charge in [-0.05, 0) is 32.4 Å². The van der Waals surface area contributed by atoms with E-state index in [1.807, 2.05) is 0 Å². The van der Waals surface area contributed by atoms with Crippen LogP contribution in [0.4, 0.5) is 4.39 Å². The van der Waals surface area contributed by atoms with E-state index in [2.05, 4.69) is 0 Å². The molecular formula is C11H16FNO. The Morgan fingerprint density at radius 3 is 2.36 bits per heavy atom. The summed E-state index contributed by atoms with van der Waals surface area (Å²) in [7, 11) is 0. The lowest BCUT2D eigenvalue weighted by Crippen LogP contribution is -2.17. The Morgan fingerprint density at radius 2 is 2.00 bits per heavy atom. The Kier molecular flexibility index (Phi) is 2.92. The zero-order valence-electron chi connectivity index (χ0n) is 8.71. The lowest BCUT2D eigenvalue weighted by molar-refractivity contribution is 0.0782. The first-order valence-electron chi connectivity index (χ1n) is 4.60. The predicted molar refractivity (Wildman–Crippen MR) is 54.2 cm³/mol. The topological polar surface area (TPSA) is 46.2 Å². The van der Waals surface area contributed by atoms with Crippen molar-refractivity contribution in [2.24, 2.45) is 5.73 Å². The van der Waals surface area contributed by atoms with E-state index in [1.165, 1.54) is 6.07 Å². The minimum Gasteiger partial charge on any atom is -0.386 e. The second-order valence-electron chi connectivity index (χ2n) is 4.08. The van der Waals surface area contributed by atoms with Crippen molar-refractivity contribution in [1.82, 2.24) is 0 Å². The molecule has 1 rings (SSSR count). The van der Waals surface area contributed by atoms with Gasteiger partial charge in [-0.2, -0.15) is 0 Å².